The first-order valence-corrected chi connectivity index (χ1v) is 2.66. The number of H-pyrrole nitrogens is 1. The molecule has 1 aromatic heterocycles. The van der Waals surface area contributed by atoms with E-state index in [1.165, 1.54) is 6.20 Å². The lowest BCUT2D eigenvalue weighted by atomic mass is 10.8. The lowest BCUT2D eigenvalue weighted by molar-refractivity contribution is -0.742. The molecule has 0 aromatic carbocycles. The quantitative estimate of drug-likeness (QED) is 0.195. The minimum absolute atomic E-state index is 0.396. The third-order valence-electron chi connectivity index (χ3n) is 0.626. The van der Waals surface area contributed by atoms with Gasteiger partial charge in [0.05, 0.1) is 6.20 Å². The average molecular weight is 188 g/mol. The number of nitrogens with zero attached hydrogens (tertiary/aromatic N) is 6. The van der Waals surface area contributed by atoms with E-state index >= 15 is 0 Å². The highest BCUT2D eigenvalue weighted by atomic mass is 16.9. The number of aromatic nitrogens is 3. The van der Waals surface area contributed by atoms with Crippen molar-refractivity contribution in [3.8, 4) is 0 Å². The van der Waals surface area contributed by atoms with Crippen molar-refractivity contribution >= 4 is 5.82 Å². The lowest BCUT2D eigenvalue weighted by Crippen LogP contribution is -1.83. The van der Waals surface area contributed by atoms with Crippen molar-refractivity contribution in [3.63, 3.8) is 0 Å². The predicted molar refractivity (Wildman–Crippen MR) is 37.9 cm³/mol. The van der Waals surface area contributed by atoms with E-state index in [4.69, 9.17) is 20.9 Å². The molecular weight excluding hydrogens is 184 g/mol. The summed E-state index contributed by atoms with van der Waals surface area (Å²) < 4.78 is 0. The van der Waals surface area contributed by atoms with Crippen molar-refractivity contribution in [2.24, 2.45) is 5.22 Å². The van der Waals surface area contributed by atoms with Gasteiger partial charge in [-0.3, -0.25) is 5.10 Å². The van der Waals surface area contributed by atoms with Crippen LogP contribution in [-0.2, 0) is 0 Å². The van der Waals surface area contributed by atoms with Crippen molar-refractivity contribution in [2.45, 2.75) is 0 Å². The average Bonchev–Trinajstić information content (AvgIpc) is 2.51. The summed E-state index contributed by atoms with van der Waals surface area (Å²) in [6.07, 6.45) is 1.47. The fourth-order valence-electron chi connectivity index (χ4n) is 0.330. The van der Waals surface area contributed by atoms with Crippen LogP contribution in [0.1, 0.15) is 0 Å². The number of aromatic amines is 1. The van der Waals surface area contributed by atoms with E-state index in [2.05, 4.69) is 31.0 Å². The molecule has 1 heterocycles. The zero-order valence-corrected chi connectivity index (χ0v) is 6.02. The van der Waals surface area contributed by atoms with Crippen LogP contribution in [0.2, 0.25) is 0 Å². The maximum Gasteiger partial charge on any atom is 0.291 e. The Morgan fingerprint density at radius 1 is 1.92 bits per heavy atom. The largest absolute Gasteiger partial charge is 0.328 e. The second kappa shape index (κ2) is 6.18. The Hall–Kier alpha value is -2.55. The van der Waals surface area contributed by atoms with Crippen LogP contribution in [0.25, 0.3) is 10.4 Å². The SMILES string of the molecule is O=[N+]([O-])O.[N-]=[N+]=NNc1c[nH]nn1. The van der Waals surface area contributed by atoms with E-state index in [-0.39, 0.29) is 0 Å². The van der Waals surface area contributed by atoms with Crippen LogP contribution in [-0.4, -0.2) is 25.7 Å². The maximum absolute atomic E-state index is 8.36. The molecule has 0 saturated heterocycles. The van der Waals surface area contributed by atoms with Crippen LogP contribution in [0.3, 0.4) is 0 Å². The number of hydrogen-bond acceptors (Lipinski definition) is 5. The minimum atomic E-state index is -1.50. The monoisotopic (exact) mass is 188 g/mol. The zero-order valence-electron chi connectivity index (χ0n) is 6.02. The van der Waals surface area contributed by atoms with Gasteiger partial charge in [0.2, 0.25) is 0 Å². The molecule has 0 fully saturated rings. The number of rotatable bonds is 2. The predicted octanol–water partition coefficient (Wildman–Crippen LogP) is 0.0942. The van der Waals surface area contributed by atoms with Crippen molar-refractivity contribution < 1.29 is 10.3 Å². The minimum Gasteiger partial charge on any atom is -0.328 e. The normalized spacial score (nSPS) is 7.38. The zero-order chi connectivity index (χ0) is 10.1. The Kier molecular flexibility index (Phi) is 4.97. The Bertz CT molecular complexity index is 282. The first kappa shape index (κ1) is 10.4. The molecule has 11 nitrogen and oxygen atoms in total. The summed E-state index contributed by atoms with van der Waals surface area (Å²) in [4.78, 5) is 10.8. The number of anilines is 1. The van der Waals surface area contributed by atoms with Gasteiger partial charge in [0.15, 0.2) is 0 Å². The molecular formula is C2H4N8O3. The van der Waals surface area contributed by atoms with Crippen LogP contribution in [0.15, 0.2) is 11.4 Å². The summed E-state index contributed by atoms with van der Waals surface area (Å²) in [5.41, 5.74) is 10.1. The van der Waals surface area contributed by atoms with Crippen LogP contribution < -0.4 is 5.43 Å². The Morgan fingerprint density at radius 2 is 2.54 bits per heavy atom. The third kappa shape index (κ3) is 7.35. The van der Waals surface area contributed by atoms with Crippen molar-refractivity contribution in [2.75, 3.05) is 5.43 Å². The Balaban J connectivity index is 0.000000310. The maximum atomic E-state index is 8.36. The molecule has 0 aliphatic carbocycles. The summed E-state index contributed by atoms with van der Waals surface area (Å²) in [5, 5.41) is 25.9. The molecule has 0 saturated carbocycles. The van der Waals surface area contributed by atoms with E-state index in [0.29, 0.717) is 5.82 Å². The molecule has 0 bridgehead atoms. The van der Waals surface area contributed by atoms with E-state index in [0.717, 1.165) is 0 Å². The number of hydrogen-bond donors (Lipinski definition) is 3. The van der Waals surface area contributed by atoms with Gasteiger partial charge in [0.25, 0.3) is 10.9 Å². The topological polar surface area (TPSA) is 166 Å². The van der Waals surface area contributed by atoms with E-state index in [1.807, 2.05) is 0 Å². The van der Waals surface area contributed by atoms with E-state index in [1.54, 1.807) is 0 Å². The third-order valence-corrected chi connectivity index (χ3v) is 0.626. The molecule has 0 atom stereocenters. The molecule has 0 unspecified atom stereocenters. The molecule has 0 aliphatic heterocycles. The van der Waals surface area contributed by atoms with Crippen LogP contribution in [0.4, 0.5) is 5.82 Å². The fraction of sp³-hybridized carbons (Fsp3) is 0. The van der Waals surface area contributed by atoms with Crippen LogP contribution in [0, 0.1) is 10.1 Å². The smallest absolute Gasteiger partial charge is 0.291 e. The highest BCUT2D eigenvalue weighted by molar-refractivity contribution is 5.26. The van der Waals surface area contributed by atoms with Gasteiger partial charge < -0.3 is 5.21 Å². The standard InChI is InChI=1S/C2H3N7.HNO3/c3-7-9-6-2-1-4-8-5-2;2-1(3)4/h1H,(H2,4,5,6,8);(H,2,3,4). The molecule has 3 N–H and O–H groups in total. The van der Waals surface area contributed by atoms with Gasteiger partial charge in [-0.05, 0) is 5.22 Å². The Morgan fingerprint density at radius 3 is 2.92 bits per heavy atom. The highest BCUT2D eigenvalue weighted by Gasteiger charge is 1.91. The van der Waals surface area contributed by atoms with Gasteiger partial charge in [-0.25, -0.2) is 5.43 Å². The number of nitrogens with one attached hydrogen (secondary N) is 2. The van der Waals surface area contributed by atoms with Crippen LogP contribution in [0.5, 0.6) is 0 Å². The molecule has 1 rings (SSSR count). The molecule has 11 heteroatoms. The van der Waals surface area contributed by atoms with E-state index < -0.39 is 5.09 Å². The Labute approximate surface area is 70.1 Å². The molecule has 0 spiro atoms. The first-order chi connectivity index (χ1) is 6.16. The second-order valence-corrected chi connectivity index (χ2v) is 1.40. The molecule has 0 radical (unpaired) electrons. The highest BCUT2D eigenvalue weighted by Crippen LogP contribution is 1.93. The molecule has 70 valence electrons. The lowest BCUT2D eigenvalue weighted by Gasteiger charge is -1.79. The summed E-state index contributed by atoms with van der Waals surface area (Å²) in [5.74, 6) is 0.396. The van der Waals surface area contributed by atoms with Gasteiger partial charge in [-0.2, -0.15) is 4.91 Å². The first-order valence-electron chi connectivity index (χ1n) is 2.66. The summed E-state index contributed by atoms with van der Waals surface area (Å²) >= 11 is 0. The number of azide groups is 1. The van der Waals surface area contributed by atoms with Crippen LogP contribution >= 0.6 is 0 Å². The van der Waals surface area contributed by atoms with Gasteiger partial charge in [0.1, 0.15) is 0 Å². The molecule has 13 heavy (non-hydrogen) atoms. The molecule has 0 aliphatic rings. The van der Waals surface area contributed by atoms with Crippen molar-refractivity contribution in [1.82, 2.24) is 15.4 Å². The summed E-state index contributed by atoms with van der Waals surface area (Å²) in [6.45, 7) is 0. The summed E-state index contributed by atoms with van der Waals surface area (Å²) in [6, 6.07) is 0. The molecule has 1 aromatic rings. The van der Waals surface area contributed by atoms with Gasteiger partial charge in [-0.15, -0.1) is 15.6 Å². The van der Waals surface area contributed by atoms with Gasteiger partial charge in [0, 0.05) is 0 Å². The van der Waals surface area contributed by atoms with Gasteiger partial charge >= 0.3 is 0 Å². The van der Waals surface area contributed by atoms with Crippen molar-refractivity contribution in [1.29, 1.82) is 0 Å². The van der Waals surface area contributed by atoms with E-state index in [9.17, 15) is 0 Å². The summed E-state index contributed by atoms with van der Waals surface area (Å²) in [7, 11) is 0. The van der Waals surface area contributed by atoms with Crippen molar-refractivity contribution in [3.05, 3.63) is 26.8 Å². The molecule has 0 amide bonds. The fourth-order valence-corrected chi connectivity index (χ4v) is 0.330. The van der Waals surface area contributed by atoms with Gasteiger partial charge in [-0.1, -0.05) is 10.3 Å². The second-order valence-electron chi connectivity index (χ2n) is 1.40.